The summed E-state index contributed by atoms with van der Waals surface area (Å²) in [7, 11) is 0. The summed E-state index contributed by atoms with van der Waals surface area (Å²) in [6.07, 6.45) is -2.23. The van der Waals surface area contributed by atoms with Crippen LogP contribution in [0.3, 0.4) is 0 Å². The van der Waals surface area contributed by atoms with Gasteiger partial charge in [-0.1, -0.05) is 27.2 Å². The largest absolute Gasteiger partial charge is 0.401 e. The van der Waals surface area contributed by atoms with Gasteiger partial charge in [-0.25, -0.2) is 0 Å². The molecule has 0 rings (SSSR count). The molecular formula is C15H31F3N2. The maximum Gasteiger partial charge on any atom is 0.401 e. The first kappa shape index (κ1) is 19.7. The van der Waals surface area contributed by atoms with Crippen LogP contribution in [0.4, 0.5) is 13.2 Å². The molecule has 0 aliphatic heterocycles. The predicted octanol–water partition coefficient (Wildman–Crippen LogP) is 4.07. The molecule has 0 aromatic rings. The van der Waals surface area contributed by atoms with Gasteiger partial charge in [0.25, 0.3) is 0 Å². The third-order valence-corrected chi connectivity index (χ3v) is 3.35. The number of alkyl halides is 3. The zero-order chi connectivity index (χ0) is 16.0. The number of hydrogen-bond donors (Lipinski definition) is 1. The Balaban J connectivity index is 4.70. The lowest BCUT2D eigenvalue weighted by molar-refractivity contribution is -0.148. The van der Waals surface area contributed by atoms with Crippen molar-refractivity contribution in [2.24, 2.45) is 5.41 Å². The molecule has 0 fully saturated rings. The van der Waals surface area contributed by atoms with Gasteiger partial charge in [-0.15, -0.1) is 0 Å². The Morgan fingerprint density at radius 2 is 1.50 bits per heavy atom. The zero-order valence-corrected chi connectivity index (χ0v) is 13.8. The molecule has 1 unspecified atom stereocenters. The second-order valence-corrected chi connectivity index (χ2v) is 7.08. The summed E-state index contributed by atoms with van der Waals surface area (Å²) < 4.78 is 37.7. The highest BCUT2D eigenvalue weighted by Crippen LogP contribution is 2.26. The smallest absolute Gasteiger partial charge is 0.311 e. The average molecular weight is 296 g/mol. The lowest BCUT2D eigenvalue weighted by Crippen LogP contribution is -2.49. The molecule has 0 radical (unpaired) electrons. The van der Waals surface area contributed by atoms with Crippen LogP contribution in [0.15, 0.2) is 0 Å². The Kier molecular flexibility index (Phi) is 7.53. The van der Waals surface area contributed by atoms with Gasteiger partial charge in [-0.3, -0.25) is 4.90 Å². The summed E-state index contributed by atoms with van der Waals surface area (Å²) in [5, 5.41) is 3.43. The zero-order valence-electron chi connectivity index (χ0n) is 13.8. The second kappa shape index (κ2) is 7.64. The number of nitrogens with zero attached hydrogens (tertiary/aromatic N) is 1. The van der Waals surface area contributed by atoms with Crippen LogP contribution in [0.25, 0.3) is 0 Å². The van der Waals surface area contributed by atoms with Gasteiger partial charge in [0.05, 0.1) is 6.54 Å². The van der Waals surface area contributed by atoms with E-state index in [0.717, 1.165) is 19.4 Å². The van der Waals surface area contributed by atoms with E-state index >= 15 is 0 Å². The average Bonchev–Trinajstić information content (AvgIpc) is 2.23. The third kappa shape index (κ3) is 9.59. The van der Waals surface area contributed by atoms with Crippen LogP contribution >= 0.6 is 0 Å². The van der Waals surface area contributed by atoms with Crippen LogP contribution in [-0.4, -0.2) is 42.8 Å². The van der Waals surface area contributed by atoms with Gasteiger partial charge < -0.3 is 5.32 Å². The lowest BCUT2D eigenvalue weighted by Gasteiger charge is -2.38. The van der Waals surface area contributed by atoms with Gasteiger partial charge in [0.15, 0.2) is 0 Å². The maximum atomic E-state index is 12.6. The Bertz CT molecular complexity index is 271. The molecule has 0 bridgehead atoms. The molecule has 0 spiro atoms. The quantitative estimate of drug-likeness (QED) is 0.726. The number of hydrogen-bond acceptors (Lipinski definition) is 2. The summed E-state index contributed by atoms with van der Waals surface area (Å²) in [6, 6.07) is 0. The van der Waals surface area contributed by atoms with E-state index in [2.05, 4.69) is 39.9 Å². The number of halogens is 3. The van der Waals surface area contributed by atoms with Gasteiger partial charge in [0.1, 0.15) is 0 Å². The first-order valence-electron chi connectivity index (χ1n) is 7.45. The Labute approximate surface area is 122 Å². The van der Waals surface area contributed by atoms with E-state index < -0.39 is 12.7 Å². The standard InChI is InChI=1S/C15H31F3N2/c1-7-9-14(6,10-19-13(3,4)5)11-20(8-2)12-15(16,17)18/h19H,7-12H2,1-6H3. The molecule has 5 heteroatoms. The summed E-state index contributed by atoms with van der Waals surface area (Å²) in [6.45, 7) is 13.0. The van der Waals surface area contributed by atoms with Gasteiger partial charge in [-0.2, -0.15) is 13.2 Å². The molecule has 0 aromatic carbocycles. The van der Waals surface area contributed by atoms with Crippen molar-refractivity contribution in [3.05, 3.63) is 0 Å². The molecule has 0 aliphatic carbocycles. The van der Waals surface area contributed by atoms with Crippen molar-refractivity contribution < 1.29 is 13.2 Å². The third-order valence-electron chi connectivity index (χ3n) is 3.35. The molecule has 0 aliphatic rings. The van der Waals surface area contributed by atoms with E-state index in [1.807, 2.05) is 0 Å². The highest BCUT2D eigenvalue weighted by Gasteiger charge is 2.34. The Morgan fingerprint density at radius 1 is 0.950 bits per heavy atom. The van der Waals surface area contributed by atoms with Crippen LogP contribution in [0.2, 0.25) is 0 Å². The van der Waals surface area contributed by atoms with Crippen molar-refractivity contribution in [1.82, 2.24) is 10.2 Å². The summed E-state index contributed by atoms with van der Waals surface area (Å²) in [5.41, 5.74) is -0.153. The minimum absolute atomic E-state index is 0.0178. The van der Waals surface area contributed by atoms with Crippen molar-refractivity contribution in [2.75, 3.05) is 26.2 Å². The van der Waals surface area contributed by atoms with Crippen molar-refractivity contribution in [2.45, 2.75) is 66.1 Å². The van der Waals surface area contributed by atoms with E-state index in [0.29, 0.717) is 13.1 Å². The maximum absolute atomic E-state index is 12.6. The minimum Gasteiger partial charge on any atom is -0.311 e. The summed E-state index contributed by atoms with van der Waals surface area (Å²) in [5.74, 6) is 0. The van der Waals surface area contributed by atoms with E-state index in [-0.39, 0.29) is 11.0 Å². The summed E-state index contributed by atoms with van der Waals surface area (Å²) in [4.78, 5) is 1.50. The van der Waals surface area contributed by atoms with Crippen molar-refractivity contribution in [3.63, 3.8) is 0 Å². The van der Waals surface area contributed by atoms with Crippen molar-refractivity contribution in [1.29, 1.82) is 0 Å². The van der Waals surface area contributed by atoms with Gasteiger partial charge in [-0.05, 0) is 39.2 Å². The van der Waals surface area contributed by atoms with Crippen molar-refractivity contribution in [3.8, 4) is 0 Å². The molecule has 0 saturated heterocycles. The minimum atomic E-state index is -4.12. The molecular weight excluding hydrogens is 265 g/mol. The van der Waals surface area contributed by atoms with Crippen LogP contribution < -0.4 is 5.32 Å². The highest BCUT2D eigenvalue weighted by molar-refractivity contribution is 4.84. The Hall–Kier alpha value is -0.290. The van der Waals surface area contributed by atoms with Crippen LogP contribution in [0.1, 0.15) is 54.4 Å². The van der Waals surface area contributed by atoms with Gasteiger partial charge in [0.2, 0.25) is 0 Å². The molecule has 0 saturated carbocycles. The fourth-order valence-corrected chi connectivity index (χ4v) is 2.38. The normalized spacial score (nSPS) is 16.5. The van der Waals surface area contributed by atoms with Gasteiger partial charge >= 0.3 is 6.18 Å². The molecule has 0 heterocycles. The molecule has 0 aromatic heterocycles. The van der Waals surface area contributed by atoms with E-state index in [1.54, 1.807) is 6.92 Å². The lowest BCUT2D eigenvalue weighted by atomic mass is 9.84. The number of rotatable bonds is 8. The topological polar surface area (TPSA) is 15.3 Å². The first-order valence-corrected chi connectivity index (χ1v) is 7.45. The second-order valence-electron chi connectivity index (χ2n) is 7.08. The number of nitrogens with one attached hydrogen (secondary N) is 1. The van der Waals surface area contributed by atoms with Crippen LogP contribution in [0, 0.1) is 5.41 Å². The highest BCUT2D eigenvalue weighted by atomic mass is 19.4. The molecule has 1 atom stereocenters. The van der Waals surface area contributed by atoms with Crippen LogP contribution in [0.5, 0.6) is 0 Å². The van der Waals surface area contributed by atoms with E-state index in [9.17, 15) is 13.2 Å². The van der Waals surface area contributed by atoms with E-state index in [4.69, 9.17) is 0 Å². The Morgan fingerprint density at radius 3 is 1.85 bits per heavy atom. The fourth-order valence-electron chi connectivity index (χ4n) is 2.38. The predicted molar refractivity (Wildman–Crippen MR) is 78.9 cm³/mol. The molecule has 1 N–H and O–H groups in total. The SMILES string of the molecule is CCCC(C)(CNC(C)(C)C)CN(CC)CC(F)(F)F. The molecule has 0 amide bonds. The summed E-state index contributed by atoms with van der Waals surface area (Å²) >= 11 is 0. The molecule has 2 nitrogen and oxygen atoms in total. The molecule has 122 valence electrons. The van der Waals surface area contributed by atoms with Crippen molar-refractivity contribution >= 4 is 0 Å². The first-order chi connectivity index (χ1) is 8.91. The monoisotopic (exact) mass is 296 g/mol. The van der Waals surface area contributed by atoms with Gasteiger partial charge in [0, 0.05) is 18.6 Å². The van der Waals surface area contributed by atoms with E-state index in [1.165, 1.54) is 4.90 Å². The fraction of sp³-hybridized carbons (Fsp3) is 1.00. The molecule has 20 heavy (non-hydrogen) atoms. The van der Waals surface area contributed by atoms with Crippen LogP contribution in [-0.2, 0) is 0 Å².